The van der Waals surface area contributed by atoms with Crippen LogP contribution in [0.5, 0.6) is 0 Å². The molecule has 0 saturated carbocycles. The standard InChI is InChI=1S/C20H24N2O/c1-2-15-8-4-6-12-18(15)21-14-20(23)22-19-13-7-10-16-9-3-5-11-17(16)19/h3-6,8-9,11-12,19,21H,2,7,10,13-14H2,1H3,(H,22,23). The molecule has 1 atom stereocenters. The van der Waals surface area contributed by atoms with E-state index in [2.05, 4.69) is 47.9 Å². The van der Waals surface area contributed by atoms with Crippen molar-refractivity contribution in [1.29, 1.82) is 0 Å². The minimum atomic E-state index is 0.0533. The van der Waals surface area contributed by atoms with Crippen molar-refractivity contribution < 1.29 is 4.79 Å². The molecule has 0 spiro atoms. The van der Waals surface area contributed by atoms with Gasteiger partial charge in [-0.15, -0.1) is 0 Å². The first-order chi connectivity index (χ1) is 11.3. The zero-order valence-electron chi connectivity index (χ0n) is 13.6. The molecule has 2 aromatic rings. The quantitative estimate of drug-likeness (QED) is 0.881. The first-order valence-electron chi connectivity index (χ1n) is 8.47. The van der Waals surface area contributed by atoms with Gasteiger partial charge in [-0.25, -0.2) is 0 Å². The zero-order chi connectivity index (χ0) is 16.1. The fraction of sp³-hybridized carbons (Fsp3) is 0.350. The highest BCUT2D eigenvalue weighted by molar-refractivity contribution is 5.81. The monoisotopic (exact) mass is 308 g/mol. The number of nitrogens with one attached hydrogen (secondary N) is 2. The van der Waals surface area contributed by atoms with E-state index in [1.807, 2.05) is 18.2 Å². The Labute approximate surface area is 138 Å². The summed E-state index contributed by atoms with van der Waals surface area (Å²) in [6.45, 7) is 2.44. The maximum Gasteiger partial charge on any atom is 0.239 e. The molecule has 1 aliphatic rings. The fourth-order valence-corrected chi connectivity index (χ4v) is 3.33. The van der Waals surface area contributed by atoms with Gasteiger partial charge in [0.25, 0.3) is 0 Å². The molecule has 0 fully saturated rings. The first kappa shape index (κ1) is 15.6. The Balaban J connectivity index is 1.60. The summed E-state index contributed by atoms with van der Waals surface area (Å²) in [6, 6.07) is 16.7. The molecule has 23 heavy (non-hydrogen) atoms. The third kappa shape index (κ3) is 3.73. The molecule has 0 heterocycles. The normalized spacial score (nSPS) is 16.5. The van der Waals surface area contributed by atoms with Gasteiger partial charge >= 0.3 is 0 Å². The summed E-state index contributed by atoms with van der Waals surface area (Å²) in [6.07, 6.45) is 4.23. The first-order valence-corrected chi connectivity index (χ1v) is 8.47. The number of para-hydroxylation sites is 1. The number of fused-ring (bicyclic) bond motifs is 1. The van der Waals surface area contributed by atoms with Crippen LogP contribution in [0.25, 0.3) is 0 Å². The molecule has 2 aromatic carbocycles. The maximum absolute atomic E-state index is 12.3. The van der Waals surface area contributed by atoms with Gasteiger partial charge in [-0.1, -0.05) is 49.4 Å². The Morgan fingerprint density at radius 2 is 1.91 bits per heavy atom. The summed E-state index contributed by atoms with van der Waals surface area (Å²) in [5.41, 5.74) is 4.94. The van der Waals surface area contributed by atoms with E-state index in [9.17, 15) is 4.79 Å². The van der Waals surface area contributed by atoms with E-state index in [1.54, 1.807) is 0 Å². The summed E-state index contributed by atoms with van der Waals surface area (Å²) in [5.74, 6) is 0.0533. The van der Waals surface area contributed by atoms with Crippen LogP contribution in [-0.4, -0.2) is 12.5 Å². The van der Waals surface area contributed by atoms with Gasteiger partial charge in [-0.3, -0.25) is 4.79 Å². The molecule has 0 bridgehead atoms. The average molecular weight is 308 g/mol. The molecular weight excluding hydrogens is 284 g/mol. The zero-order valence-corrected chi connectivity index (χ0v) is 13.6. The van der Waals surface area contributed by atoms with Crippen LogP contribution in [-0.2, 0) is 17.6 Å². The third-order valence-corrected chi connectivity index (χ3v) is 4.54. The van der Waals surface area contributed by atoms with Crippen LogP contribution in [0.4, 0.5) is 5.69 Å². The van der Waals surface area contributed by atoms with Crippen molar-refractivity contribution >= 4 is 11.6 Å². The number of anilines is 1. The Kier molecular flexibility index (Phi) is 4.96. The van der Waals surface area contributed by atoms with Crippen molar-refractivity contribution in [3.63, 3.8) is 0 Å². The Bertz CT molecular complexity index is 681. The van der Waals surface area contributed by atoms with E-state index < -0.39 is 0 Å². The van der Waals surface area contributed by atoms with Crippen LogP contribution in [0.3, 0.4) is 0 Å². The largest absolute Gasteiger partial charge is 0.376 e. The SMILES string of the molecule is CCc1ccccc1NCC(=O)NC1CCCc2ccccc21. The van der Waals surface area contributed by atoms with Crippen LogP contribution in [0.1, 0.15) is 42.5 Å². The fourth-order valence-electron chi connectivity index (χ4n) is 3.33. The lowest BCUT2D eigenvalue weighted by molar-refractivity contribution is -0.120. The lowest BCUT2D eigenvalue weighted by Gasteiger charge is -2.26. The van der Waals surface area contributed by atoms with E-state index in [-0.39, 0.29) is 11.9 Å². The average Bonchev–Trinajstić information content (AvgIpc) is 2.60. The Hall–Kier alpha value is -2.29. The van der Waals surface area contributed by atoms with E-state index in [4.69, 9.17) is 0 Å². The maximum atomic E-state index is 12.3. The van der Waals surface area contributed by atoms with Gasteiger partial charge in [0.1, 0.15) is 0 Å². The second-order valence-corrected chi connectivity index (χ2v) is 6.08. The second kappa shape index (κ2) is 7.32. The number of benzene rings is 2. The van der Waals surface area contributed by atoms with E-state index in [0.717, 1.165) is 31.4 Å². The predicted octanol–water partition coefficient (Wildman–Crippen LogP) is 3.85. The summed E-state index contributed by atoms with van der Waals surface area (Å²) in [4.78, 5) is 12.3. The van der Waals surface area contributed by atoms with Gasteiger partial charge in [0, 0.05) is 5.69 Å². The molecule has 3 heteroatoms. The number of hydrogen-bond donors (Lipinski definition) is 2. The lowest BCUT2D eigenvalue weighted by atomic mass is 9.88. The molecule has 1 unspecified atom stereocenters. The van der Waals surface area contributed by atoms with Gasteiger partial charge < -0.3 is 10.6 Å². The van der Waals surface area contributed by atoms with Gasteiger partial charge in [0.15, 0.2) is 0 Å². The molecule has 0 radical (unpaired) electrons. The van der Waals surface area contributed by atoms with Crippen LogP contribution >= 0.6 is 0 Å². The van der Waals surface area contributed by atoms with Crippen molar-refractivity contribution in [2.75, 3.05) is 11.9 Å². The van der Waals surface area contributed by atoms with Gasteiger partial charge in [0.05, 0.1) is 12.6 Å². The van der Waals surface area contributed by atoms with Crippen molar-refractivity contribution in [1.82, 2.24) is 5.32 Å². The molecule has 3 nitrogen and oxygen atoms in total. The molecule has 120 valence electrons. The highest BCUT2D eigenvalue weighted by Crippen LogP contribution is 2.29. The topological polar surface area (TPSA) is 41.1 Å². The number of hydrogen-bond acceptors (Lipinski definition) is 2. The Morgan fingerprint density at radius 1 is 1.13 bits per heavy atom. The van der Waals surface area contributed by atoms with Crippen LogP contribution in [0.15, 0.2) is 48.5 Å². The molecule has 1 amide bonds. The van der Waals surface area contributed by atoms with Crippen molar-refractivity contribution in [3.05, 3.63) is 65.2 Å². The molecule has 0 aromatic heterocycles. The highest BCUT2D eigenvalue weighted by atomic mass is 16.1. The van der Waals surface area contributed by atoms with E-state index >= 15 is 0 Å². The van der Waals surface area contributed by atoms with Crippen molar-refractivity contribution in [3.8, 4) is 0 Å². The second-order valence-electron chi connectivity index (χ2n) is 6.08. The number of carbonyl (C=O) groups is 1. The van der Waals surface area contributed by atoms with Gasteiger partial charge in [0.2, 0.25) is 5.91 Å². The van der Waals surface area contributed by atoms with Crippen molar-refractivity contribution in [2.24, 2.45) is 0 Å². The van der Waals surface area contributed by atoms with E-state index in [1.165, 1.54) is 16.7 Å². The summed E-state index contributed by atoms with van der Waals surface area (Å²) in [7, 11) is 0. The lowest BCUT2D eigenvalue weighted by Crippen LogP contribution is -2.35. The number of carbonyl (C=O) groups excluding carboxylic acids is 1. The highest BCUT2D eigenvalue weighted by Gasteiger charge is 2.21. The molecule has 0 aliphatic heterocycles. The smallest absolute Gasteiger partial charge is 0.239 e. The summed E-state index contributed by atoms with van der Waals surface area (Å²) >= 11 is 0. The Morgan fingerprint density at radius 3 is 2.78 bits per heavy atom. The predicted molar refractivity (Wildman–Crippen MR) is 94.6 cm³/mol. The summed E-state index contributed by atoms with van der Waals surface area (Å²) < 4.78 is 0. The summed E-state index contributed by atoms with van der Waals surface area (Å²) in [5, 5.41) is 6.45. The number of rotatable bonds is 5. The minimum Gasteiger partial charge on any atom is -0.376 e. The number of aryl methyl sites for hydroxylation is 2. The van der Waals surface area contributed by atoms with Gasteiger partial charge in [-0.2, -0.15) is 0 Å². The van der Waals surface area contributed by atoms with Crippen LogP contribution in [0.2, 0.25) is 0 Å². The minimum absolute atomic E-state index is 0.0533. The third-order valence-electron chi connectivity index (χ3n) is 4.54. The number of amides is 1. The van der Waals surface area contributed by atoms with Gasteiger partial charge in [-0.05, 0) is 48.4 Å². The van der Waals surface area contributed by atoms with Crippen LogP contribution in [0, 0.1) is 0 Å². The van der Waals surface area contributed by atoms with Crippen LogP contribution < -0.4 is 10.6 Å². The van der Waals surface area contributed by atoms with E-state index in [0.29, 0.717) is 6.54 Å². The molecular formula is C20H24N2O. The molecule has 3 rings (SSSR count). The van der Waals surface area contributed by atoms with Crippen molar-refractivity contribution in [2.45, 2.75) is 38.6 Å². The molecule has 0 saturated heterocycles. The molecule has 1 aliphatic carbocycles. The molecule has 2 N–H and O–H groups in total.